The Morgan fingerprint density at radius 3 is 3.06 bits per heavy atom. The van der Waals surface area contributed by atoms with Crippen molar-refractivity contribution >= 4 is 5.82 Å². The molecule has 0 fully saturated rings. The van der Waals surface area contributed by atoms with Gasteiger partial charge in [-0.3, -0.25) is 4.79 Å². The van der Waals surface area contributed by atoms with Crippen LogP contribution in [0.25, 0.3) is 0 Å². The topological polar surface area (TPSA) is 56.1 Å². The molecule has 5 nitrogen and oxygen atoms in total. The van der Waals surface area contributed by atoms with E-state index in [0.717, 1.165) is 5.57 Å². The van der Waals surface area contributed by atoms with E-state index in [1.54, 1.807) is 17.0 Å². The van der Waals surface area contributed by atoms with Crippen LogP contribution >= 0.6 is 0 Å². The quantitative estimate of drug-likeness (QED) is 0.573. The summed E-state index contributed by atoms with van der Waals surface area (Å²) in [6, 6.07) is 0. The number of aromatic nitrogens is 2. The summed E-state index contributed by atoms with van der Waals surface area (Å²) in [7, 11) is 0. The Labute approximate surface area is 101 Å². The van der Waals surface area contributed by atoms with Gasteiger partial charge in [-0.1, -0.05) is 12.2 Å². The predicted octanol–water partition coefficient (Wildman–Crippen LogP) is 1.27. The Morgan fingerprint density at radius 1 is 1.65 bits per heavy atom. The van der Waals surface area contributed by atoms with Gasteiger partial charge in [0.1, 0.15) is 0 Å². The van der Waals surface area contributed by atoms with Gasteiger partial charge in [0.2, 0.25) is 0 Å². The third kappa shape index (κ3) is 4.40. The van der Waals surface area contributed by atoms with Gasteiger partial charge >= 0.3 is 0 Å². The van der Waals surface area contributed by atoms with Crippen molar-refractivity contribution in [1.82, 2.24) is 9.55 Å². The molecule has 0 amide bonds. The molecule has 1 aromatic heterocycles. The minimum absolute atomic E-state index is 0.102. The molecule has 94 valence electrons. The largest absolute Gasteiger partial charge is 0.375 e. The smallest absolute Gasteiger partial charge is 0.293 e. The van der Waals surface area contributed by atoms with Crippen LogP contribution in [0.4, 0.5) is 5.82 Å². The van der Waals surface area contributed by atoms with E-state index in [1.165, 1.54) is 0 Å². The lowest BCUT2D eigenvalue weighted by molar-refractivity contribution is 0.167. The Kier molecular flexibility index (Phi) is 5.42. The van der Waals surface area contributed by atoms with E-state index in [2.05, 4.69) is 16.9 Å². The van der Waals surface area contributed by atoms with Gasteiger partial charge in [0.15, 0.2) is 5.82 Å². The van der Waals surface area contributed by atoms with Gasteiger partial charge in [0, 0.05) is 25.5 Å². The molecule has 1 aromatic rings. The molecular weight excluding hydrogens is 218 g/mol. The molecule has 0 radical (unpaired) electrons. The molecule has 0 saturated heterocycles. The molecule has 0 aromatic carbocycles. The summed E-state index contributed by atoms with van der Waals surface area (Å²) in [6.45, 7) is 9.83. The SMILES string of the molecule is C=C(C)COCCNc1nccn(CC)c1=O. The van der Waals surface area contributed by atoms with Crippen LogP contribution in [0.5, 0.6) is 0 Å². The van der Waals surface area contributed by atoms with Crippen LogP contribution in [0.2, 0.25) is 0 Å². The van der Waals surface area contributed by atoms with Crippen molar-refractivity contribution in [2.24, 2.45) is 0 Å². The predicted molar refractivity (Wildman–Crippen MR) is 68.3 cm³/mol. The van der Waals surface area contributed by atoms with Crippen LogP contribution in [-0.2, 0) is 11.3 Å². The second kappa shape index (κ2) is 6.85. The Balaban J connectivity index is 2.42. The lowest BCUT2D eigenvalue weighted by Crippen LogP contribution is -2.25. The van der Waals surface area contributed by atoms with Crippen LogP contribution in [0.3, 0.4) is 0 Å². The molecule has 5 heteroatoms. The fourth-order valence-electron chi connectivity index (χ4n) is 1.31. The maximum atomic E-state index is 11.8. The van der Waals surface area contributed by atoms with Crippen LogP contribution in [0.15, 0.2) is 29.3 Å². The standard InChI is InChI=1S/C12H19N3O2/c1-4-15-7-5-13-11(12(15)16)14-6-8-17-9-10(2)3/h5,7H,2,4,6,8-9H2,1,3H3,(H,13,14). The Hall–Kier alpha value is -1.62. The minimum atomic E-state index is -0.102. The van der Waals surface area contributed by atoms with E-state index >= 15 is 0 Å². The van der Waals surface area contributed by atoms with Crippen molar-refractivity contribution in [1.29, 1.82) is 0 Å². The van der Waals surface area contributed by atoms with Crippen LogP contribution in [-0.4, -0.2) is 29.3 Å². The summed E-state index contributed by atoms with van der Waals surface area (Å²) in [5.74, 6) is 0.369. The highest BCUT2D eigenvalue weighted by Crippen LogP contribution is 1.93. The van der Waals surface area contributed by atoms with Crippen molar-refractivity contribution in [2.45, 2.75) is 20.4 Å². The third-order valence-electron chi connectivity index (χ3n) is 2.14. The Morgan fingerprint density at radius 2 is 2.41 bits per heavy atom. The summed E-state index contributed by atoms with van der Waals surface area (Å²) < 4.78 is 6.92. The number of nitrogens with one attached hydrogen (secondary N) is 1. The molecule has 0 spiro atoms. The van der Waals surface area contributed by atoms with E-state index in [0.29, 0.717) is 32.1 Å². The molecular formula is C12H19N3O2. The van der Waals surface area contributed by atoms with Crippen molar-refractivity contribution in [3.8, 4) is 0 Å². The van der Waals surface area contributed by atoms with Crippen molar-refractivity contribution < 1.29 is 4.74 Å². The molecule has 1 N–H and O–H groups in total. The fraction of sp³-hybridized carbons (Fsp3) is 0.500. The first kappa shape index (κ1) is 13.4. The van der Waals surface area contributed by atoms with Gasteiger partial charge in [0.25, 0.3) is 5.56 Å². The van der Waals surface area contributed by atoms with Crippen molar-refractivity contribution in [3.05, 3.63) is 34.9 Å². The molecule has 17 heavy (non-hydrogen) atoms. The maximum absolute atomic E-state index is 11.8. The molecule has 0 aliphatic rings. The summed E-state index contributed by atoms with van der Waals surface area (Å²) in [5.41, 5.74) is 0.881. The zero-order valence-corrected chi connectivity index (χ0v) is 10.4. The number of hydrogen-bond acceptors (Lipinski definition) is 4. The molecule has 0 saturated carbocycles. The summed E-state index contributed by atoms with van der Waals surface area (Å²) in [5, 5.41) is 2.96. The number of anilines is 1. The number of ether oxygens (including phenoxy) is 1. The average molecular weight is 237 g/mol. The number of nitrogens with zero attached hydrogens (tertiary/aromatic N) is 2. The molecule has 0 atom stereocenters. The molecule has 0 aliphatic heterocycles. The van der Waals surface area contributed by atoms with E-state index in [4.69, 9.17) is 4.74 Å². The van der Waals surface area contributed by atoms with E-state index < -0.39 is 0 Å². The van der Waals surface area contributed by atoms with Gasteiger partial charge in [-0.15, -0.1) is 0 Å². The van der Waals surface area contributed by atoms with Gasteiger partial charge in [-0.05, 0) is 13.8 Å². The summed E-state index contributed by atoms with van der Waals surface area (Å²) >= 11 is 0. The van der Waals surface area contributed by atoms with Crippen LogP contribution < -0.4 is 10.9 Å². The van der Waals surface area contributed by atoms with E-state index in [1.807, 2.05) is 13.8 Å². The number of aryl methyl sites for hydroxylation is 1. The lowest BCUT2D eigenvalue weighted by Gasteiger charge is -2.07. The van der Waals surface area contributed by atoms with Crippen LogP contribution in [0.1, 0.15) is 13.8 Å². The first-order valence-corrected chi connectivity index (χ1v) is 5.66. The van der Waals surface area contributed by atoms with Crippen LogP contribution in [0, 0.1) is 0 Å². The molecule has 0 unspecified atom stereocenters. The normalized spacial score (nSPS) is 10.2. The number of rotatable bonds is 7. The van der Waals surface area contributed by atoms with Gasteiger partial charge < -0.3 is 14.6 Å². The summed E-state index contributed by atoms with van der Waals surface area (Å²) in [4.78, 5) is 15.8. The average Bonchev–Trinajstić information content (AvgIpc) is 2.30. The number of hydrogen-bond donors (Lipinski definition) is 1. The summed E-state index contributed by atoms with van der Waals surface area (Å²) in [6.07, 6.45) is 3.28. The highest BCUT2D eigenvalue weighted by Gasteiger charge is 2.02. The molecule has 0 bridgehead atoms. The second-order valence-electron chi connectivity index (χ2n) is 3.80. The molecule has 0 aliphatic carbocycles. The van der Waals surface area contributed by atoms with E-state index in [-0.39, 0.29) is 5.56 Å². The van der Waals surface area contributed by atoms with Crippen molar-refractivity contribution in [3.63, 3.8) is 0 Å². The molecule has 1 rings (SSSR count). The lowest BCUT2D eigenvalue weighted by atomic mass is 10.4. The fourth-order valence-corrected chi connectivity index (χ4v) is 1.31. The van der Waals surface area contributed by atoms with Gasteiger partial charge in [0.05, 0.1) is 13.2 Å². The maximum Gasteiger partial charge on any atom is 0.293 e. The van der Waals surface area contributed by atoms with Crippen molar-refractivity contribution in [2.75, 3.05) is 25.1 Å². The first-order valence-electron chi connectivity index (χ1n) is 5.66. The van der Waals surface area contributed by atoms with Gasteiger partial charge in [-0.2, -0.15) is 0 Å². The minimum Gasteiger partial charge on any atom is -0.375 e. The second-order valence-corrected chi connectivity index (χ2v) is 3.80. The monoisotopic (exact) mass is 237 g/mol. The van der Waals surface area contributed by atoms with E-state index in [9.17, 15) is 4.79 Å². The molecule has 1 heterocycles. The highest BCUT2D eigenvalue weighted by molar-refractivity contribution is 5.30. The zero-order valence-electron chi connectivity index (χ0n) is 10.4. The zero-order chi connectivity index (χ0) is 12.7. The third-order valence-corrected chi connectivity index (χ3v) is 2.14. The Bertz CT molecular complexity index is 426. The first-order chi connectivity index (χ1) is 8.15. The van der Waals surface area contributed by atoms with Gasteiger partial charge in [-0.25, -0.2) is 4.98 Å². The highest BCUT2D eigenvalue weighted by atomic mass is 16.5.